The van der Waals surface area contributed by atoms with Crippen LogP contribution in [0.4, 0.5) is 15.8 Å². The van der Waals surface area contributed by atoms with E-state index < -0.39 is 28.4 Å². The van der Waals surface area contributed by atoms with Crippen molar-refractivity contribution in [1.29, 1.82) is 0 Å². The SMILES string of the molecule is COCCC(Nc1cc(Br)c(F)cc1[N+](=O)[O-])C(=O)O. The number of nitrogens with zero attached hydrogens (tertiary/aromatic N) is 1. The Morgan fingerprint density at radius 1 is 1.65 bits per heavy atom. The van der Waals surface area contributed by atoms with E-state index in [2.05, 4.69) is 21.2 Å². The zero-order valence-electron chi connectivity index (χ0n) is 10.4. The fraction of sp³-hybridized carbons (Fsp3) is 0.364. The molecule has 0 aliphatic carbocycles. The van der Waals surface area contributed by atoms with Gasteiger partial charge in [-0.05, 0) is 22.0 Å². The molecule has 0 bridgehead atoms. The number of rotatable bonds is 7. The topological polar surface area (TPSA) is 102 Å². The van der Waals surface area contributed by atoms with Crippen molar-refractivity contribution >= 4 is 33.3 Å². The fourth-order valence-electron chi connectivity index (χ4n) is 1.48. The van der Waals surface area contributed by atoms with Crippen LogP contribution in [0.2, 0.25) is 0 Å². The van der Waals surface area contributed by atoms with Crippen LogP contribution in [0, 0.1) is 15.9 Å². The van der Waals surface area contributed by atoms with E-state index in [0.717, 1.165) is 12.1 Å². The maximum absolute atomic E-state index is 13.3. The summed E-state index contributed by atoms with van der Waals surface area (Å²) in [5, 5.41) is 22.4. The fourth-order valence-corrected chi connectivity index (χ4v) is 1.83. The second-order valence-corrected chi connectivity index (χ2v) is 4.71. The largest absolute Gasteiger partial charge is 0.480 e. The number of nitro benzene ring substituents is 1. The molecule has 0 fully saturated rings. The minimum atomic E-state index is -1.18. The van der Waals surface area contributed by atoms with Gasteiger partial charge in [-0.25, -0.2) is 9.18 Å². The van der Waals surface area contributed by atoms with Gasteiger partial charge in [-0.3, -0.25) is 10.1 Å². The van der Waals surface area contributed by atoms with Crippen molar-refractivity contribution < 1.29 is 24.0 Å². The van der Waals surface area contributed by atoms with Crippen LogP contribution in [0.15, 0.2) is 16.6 Å². The minimum Gasteiger partial charge on any atom is -0.480 e. The number of benzene rings is 1. The first-order valence-corrected chi connectivity index (χ1v) is 6.27. The van der Waals surface area contributed by atoms with Crippen molar-refractivity contribution in [2.24, 2.45) is 0 Å². The number of carbonyl (C=O) groups is 1. The summed E-state index contributed by atoms with van der Waals surface area (Å²) in [4.78, 5) is 21.1. The van der Waals surface area contributed by atoms with Gasteiger partial charge in [-0.1, -0.05) is 0 Å². The van der Waals surface area contributed by atoms with Crippen LogP contribution < -0.4 is 5.32 Å². The van der Waals surface area contributed by atoms with Crippen molar-refractivity contribution in [3.63, 3.8) is 0 Å². The Labute approximate surface area is 122 Å². The molecule has 0 heterocycles. The molecule has 0 saturated carbocycles. The summed E-state index contributed by atoms with van der Waals surface area (Å²) in [6.45, 7) is 0.167. The van der Waals surface area contributed by atoms with E-state index in [4.69, 9.17) is 9.84 Å². The molecule has 7 nitrogen and oxygen atoms in total. The van der Waals surface area contributed by atoms with E-state index in [-0.39, 0.29) is 23.2 Å². The molecule has 9 heteroatoms. The van der Waals surface area contributed by atoms with Crippen LogP contribution in [-0.4, -0.2) is 35.8 Å². The summed E-state index contributed by atoms with van der Waals surface area (Å²) in [7, 11) is 1.41. The summed E-state index contributed by atoms with van der Waals surface area (Å²) in [6, 6.07) is 0.781. The number of ether oxygens (including phenoxy) is 1. The molecule has 20 heavy (non-hydrogen) atoms. The van der Waals surface area contributed by atoms with Crippen LogP contribution in [-0.2, 0) is 9.53 Å². The summed E-state index contributed by atoms with van der Waals surface area (Å²) in [5.41, 5.74) is -0.610. The highest BCUT2D eigenvalue weighted by atomic mass is 79.9. The van der Waals surface area contributed by atoms with Gasteiger partial charge in [0.25, 0.3) is 5.69 Å². The number of halogens is 2. The molecule has 0 aliphatic rings. The molecule has 1 aromatic rings. The van der Waals surface area contributed by atoms with Gasteiger partial charge in [0.15, 0.2) is 0 Å². The Hall–Kier alpha value is -1.74. The van der Waals surface area contributed by atoms with Crippen LogP contribution in [0.5, 0.6) is 0 Å². The van der Waals surface area contributed by atoms with E-state index in [9.17, 15) is 19.3 Å². The Bertz CT molecular complexity index is 526. The number of anilines is 1. The summed E-state index contributed by atoms with van der Waals surface area (Å²) in [5.74, 6) is -1.98. The number of methoxy groups -OCH3 is 1. The van der Waals surface area contributed by atoms with E-state index in [1.165, 1.54) is 7.11 Å². The number of carboxylic acids is 1. The van der Waals surface area contributed by atoms with Crippen molar-refractivity contribution in [3.8, 4) is 0 Å². The molecule has 0 amide bonds. The lowest BCUT2D eigenvalue weighted by Gasteiger charge is -2.15. The van der Waals surface area contributed by atoms with E-state index in [0.29, 0.717) is 0 Å². The van der Waals surface area contributed by atoms with Gasteiger partial charge < -0.3 is 15.2 Å². The van der Waals surface area contributed by atoms with Gasteiger partial charge in [-0.2, -0.15) is 0 Å². The number of nitro groups is 1. The number of hydrogen-bond acceptors (Lipinski definition) is 5. The standard InChI is InChI=1S/C11H12BrFN2O5/c1-20-3-2-8(11(16)17)14-9-4-6(12)7(13)5-10(9)15(18)19/h4-5,8,14H,2-3H2,1H3,(H,16,17). The lowest BCUT2D eigenvalue weighted by molar-refractivity contribution is -0.384. The summed E-state index contributed by atoms with van der Waals surface area (Å²) < 4.78 is 18.1. The quantitative estimate of drug-likeness (QED) is 0.578. The molecule has 0 radical (unpaired) electrons. The first kappa shape index (κ1) is 16.3. The van der Waals surface area contributed by atoms with Gasteiger partial charge in [0.1, 0.15) is 17.5 Å². The Morgan fingerprint density at radius 3 is 2.80 bits per heavy atom. The summed E-state index contributed by atoms with van der Waals surface area (Å²) >= 11 is 2.90. The highest BCUT2D eigenvalue weighted by Crippen LogP contribution is 2.31. The average Bonchev–Trinajstić information content (AvgIpc) is 2.37. The normalized spacial score (nSPS) is 11.9. The van der Waals surface area contributed by atoms with Gasteiger partial charge in [-0.15, -0.1) is 0 Å². The molecule has 1 unspecified atom stereocenters. The number of aliphatic carboxylic acids is 1. The van der Waals surface area contributed by atoms with Crippen molar-refractivity contribution in [2.45, 2.75) is 12.5 Å². The first-order chi connectivity index (χ1) is 9.36. The number of hydrogen-bond donors (Lipinski definition) is 2. The molecule has 0 aromatic heterocycles. The second kappa shape index (κ2) is 7.15. The van der Waals surface area contributed by atoms with E-state index in [1.807, 2.05) is 0 Å². The molecule has 2 N–H and O–H groups in total. The third kappa shape index (κ3) is 4.14. The average molecular weight is 351 g/mol. The summed E-state index contributed by atoms with van der Waals surface area (Å²) in [6.07, 6.45) is 0.109. The van der Waals surface area contributed by atoms with E-state index in [1.54, 1.807) is 0 Å². The minimum absolute atomic E-state index is 0.00137. The number of carboxylic acid groups (broad SMARTS) is 1. The highest BCUT2D eigenvalue weighted by Gasteiger charge is 2.23. The maximum atomic E-state index is 13.3. The zero-order valence-corrected chi connectivity index (χ0v) is 12.0. The lowest BCUT2D eigenvalue weighted by atomic mass is 10.2. The molecular weight excluding hydrogens is 339 g/mol. The molecule has 0 saturated heterocycles. The second-order valence-electron chi connectivity index (χ2n) is 3.86. The zero-order chi connectivity index (χ0) is 15.3. The smallest absolute Gasteiger partial charge is 0.326 e. The van der Waals surface area contributed by atoms with Gasteiger partial charge in [0.2, 0.25) is 0 Å². The van der Waals surface area contributed by atoms with Crippen molar-refractivity contribution in [1.82, 2.24) is 0 Å². The van der Waals surface area contributed by atoms with Gasteiger partial charge in [0, 0.05) is 20.1 Å². The van der Waals surface area contributed by atoms with E-state index >= 15 is 0 Å². The molecule has 1 rings (SSSR count). The first-order valence-electron chi connectivity index (χ1n) is 5.48. The molecule has 0 aliphatic heterocycles. The van der Waals surface area contributed by atoms with Crippen LogP contribution >= 0.6 is 15.9 Å². The molecule has 0 spiro atoms. The molecule has 1 aromatic carbocycles. The number of nitrogens with one attached hydrogen (secondary N) is 1. The highest BCUT2D eigenvalue weighted by molar-refractivity contribution is 9.10. The van der Waals surface area contributed by atoms with Crippen LogP contribution in [0.1, 0.15) is 6.42 Å². The predicted octanol–water partition coefficient (Wildman–Crippen LogP) is 2.40. The molecule has 1 atom stereocenters. The predicted molar refractivity (Wildman–Crippen MR) is 72.3 cm³/mol. The molecule has 110 valence electrons. The van der Waals surface area contributed by atoms with Crippen molar-refractivity contribution in [2.75, 3.05) is 19.0 Å². The van der Waals surface area contributed by atoms with Gasteiger partial charge >= 0.3 is 5.97 Å². The van der Waals surface area contributed by atoms with Crippen LogP contribution in [0.25, 0.3) is 0 Å². The Kier molecular flexibility index (Phi) is 5.83. The van der Waals surface area contributed by atoms with Crippen LogP contribution in [0.3, 0.4) is 0 Å². The third-order valence-corrected chi connectivity index (χ3v) is 3.08. The van der Waals surface area contributed by atoms with Gasteiger partial charge in [0.05, 0.1) is 15.5 Å². The Morgan fingerprint density at radius 2 is 2.30 bits per heavy atom. The monoisotopic (exact) mass is 350 g/mol. The lowest BCUT2D eigenvalue weighted by Crippen LogP contribution is -2.30. The van der Waals surface area contributed by atoms with Crippen molar-refractivity contribution in [3.05, 3.63) is 32.5 Å². The Balaban J connectivity index is 3.07. The maximum Gasteiger partial charge on any atom is 0.326 e. The molecular formula is C11H12BrFN2O5. The third-order valence-electron chi connectivity index (χ3n) is 2.47.